The Bertz CT molecular complexity index is 407. The molecule has 100 valence electrons. The van der Waals surface area contributed by atoms with Crippen LogP contribution in [0, 0.1) is 0 Å². The number of methoxy groups -OCH3 is 2. The van der Waals surface area contributed by atoms with Crippen LogP contribution in [0.25, 0.3) is 0 Å². The molecule has 1 aromatic rings. The Labute approximate surface area is 107 Å². The summed E-state index contributed by atoms with van der Waals surface area (Å²) in [7, 11) is 3.25. The number of carbonyl (C=O) groups excluding carboxylic acids is 1. The molecular formula is C13H20N2O3. The van der Waals surface area contributed by atoms with Gasteiger partial charge in [-0.2, -0.15) is 0 Å². The number of amides is 1. The van der Waals surface area contributed by atoms with E-state index in [0.29, 0.717) is 13.0 Å². The van der Waals surface area contributed by atoms with Crippen molar-refractivity contribution in [1.29, 1.82) is 0 Å². The van der Waals surface area contributed by atoms with Crippen LogP contribution in [0.15, 0.2) is 18.2 Å². The molecule has 0 aromatic heterocycles. The smallest absolute Gasteiger partial charge is 0.218 e. The van der Waals surface area contributed by atoms with Crippen molar-refractivity contribution in [2.75, 3.05) is 20.8 Å². The molecule has 0 radical (unpaired) electrons. The standard InChI is InChI=1S/C13H20N2O3/c1-9(15-7-6-13(14)16)11-8-10(17-2)4-5-12(11)18-3/h4-5,8-9,15H,6-7H2,1-3H3,(H2,14,16). The van der Waals surface area contributed by atoms with Gasteiger partial charge in [0.25, 0.3) is 0 Å². The first kappa shape index (κ1) is 14.3. The summed E-state index contributed by atoms with van der Waals surface area (Å²) in [5.74, 6) is 1.25. The average molecular weight is 252 g/mol. The fourth-order valence-corrected chi connectivity index (χ4v) is 1.70. The lowest BCUT2D eigenvalue weighted by atomic mass is 10.1. The van der Waals surface area contributed by atoms with E-state index in [1.165, 1.54) is 0 Å². The van der Waals surface area contributed by atoms with Crippen molar-refractivity contribution in [3.63, 3.8) is 0 Å². The minimum atomic E-state index is -0.313. The molecule has 1 atom stereocenters. The van der Waals surface area contributed by atoms with Gasteiger partial charge in [-0.25, -0.2) is 0 Å². The Morgan fingerprint density at radius 2 is 2.11 bits per heavy atom. The number of hydrogen-bond donors (Lipinski definition) is 2. The monoisotopic (exact) mass is 252 g/mol. The van der Waals surface area contributed by atoms with Crippen molar-refractivity contribution in [2.45, 2.75) is 19.4 Å². The highest BCUT2D eigenvalue weighted by molar-refractivity contribution is 5.73. The summed E-state index contributed by atoms with van der Waals surface area (Å²) in [4.78, 5) is 10.7. The second-order valence-corrected chi connectivity index (χ2v) is 4.00. The van der Waals surface area contributed by atoms with E-state index in [9.17, 15) is 4.79 Å². The first-order chi connectivity index (χ1) is 8.58. The van der Waals surface area contributed by atoms with Crippen molar-refractivity contribution in [3.8, 4) is 11.5 Å². The maximum absolute atomic E-state index is 10.7. The van der Waals surface area contributed by atoms with Gasteiger partial charge in [-0.15, -0.1) is 0 Å². The number of primary amides is 1. The van der Waals surface area contributed by atoms with Gasteiger partial charge in [0.2, 0.25) is 5.91 Å². The average Bonchev–Trinajstić information content (AvgIpc) is 2.37. The molecule has 1 rings (SSSR count). The lowest BCUT2D eigenvalue weighted by Crippen LogP contribution is -2.24. The molecule has 0 aliphatic heterocycles. The zero-order valence-electron chi connectivity index (χ0n) is 11.0. The lowest BCUT2D eigenvalue weighted by molar-refractivity contribution is -0.117. The van der Waals surface area contributed by atoms with Crippen molar-refractivity contribution < 1.29 is 14.3 Å². The molecule has 0 spiro atoms. The number of ether oxygens (including phenoxy) is 2. The molecule has 18 heavy (non-hydrogen) atoms. The summed E-state index contributed by atoms with van der Waals surface area (Å²) in [5, 5.41) is 3.22. The largest absolute Gasteiger partial charge is 0.497 e. The Kier molecular flexibility index (Phi) is 5.45. The fourth-order valence-electron chi connectivity index (χ4n) is 1.70. The molecule has 0 saturated heterocycles. The van der Waals surface area contributed by atoms with Crippen LogP contribution in [-0.2, 0) is 4.79 Å². The van der Waals surface area contributed by atoms with Crippen LogP contribution in [-0.4, -0.2) is 26.7 Å². The van der Waals surface area contributed by atoms with Gasteiger partial charge in [0, 0.05) is 24.6 Å². The molecule has 1 unspecified atom stereocenters. The number of benzene rings is 1. The topological polar surface area (TPSA) is 73.6 Å². The minimum Gasteiger partial charge on any atom is -0.497 e. The Morgan fingerprint density at radius 3 is 2.67 bits per heavy atom. The van der Waals surface area contributed by atoms with Crippen LogP contribution in [0.5, 0.6) is 11.5 Å². The van der Waals surface area contributed by atoms with Crippen LogP contribution in [0.2, 0.25) is 0 Å². The molecule has 5 nitrogen and oxygen atoms in total. The van der Waals surface area contributed by atoms with Gasteiger partial charge in [0.1, 0.15) is 11.5 Å². The van der Waals surface area contributed by atoms with Crippen molar-refractivity contribution >= 4 is 5.91 Å². The Morgan fingerprint density at radius 1 is 1.39 bits per heavy atom. The third-order valence-corrected chi connectivity index (χ3v) is 2.73. The normalized spacial score (nSPS) is 11.9. The molecule has 0 bridgehead atoms. The summed E-state index contributed by atoms with van der Waals surface area (Å²) < 4.78 is 10.5. The summed E-state index contributed by atoms with van der Waals surface area (Å²) in [6, 6.07) is 5.68. The van der Waals surface area contributed by atoms with Crippen LogP contribution in [0.3, 0.4) is 0 Å². The highest BCUT2D eigenvalue weighted by Crippen LogP contribution is 2.29. The SMILES string of the molecule is COc1ccc(OC)c(C(C)NCCC(N)=O)c1. The fraction of sp³-hybridized carbons (Fsp3) is 0.462. The van der Waals surface area contributed by atoms with Gasteiger partial charge < -0.3 is 20.5 Å². The van der Waals surface area contributed by atoms with Crippen molar-refractivity contribution in [1.82, 2.24) is 5.32 Å². The zero-order valence-corrected chi connectivity index (χ0v) is 11.0. The maximum Gasteiger partial charge on any atom is 0.218 e. The lowest BCUT2D eigenvalue weighted by Gasteiger charge is -2.17. The van der Waals surface area contributed by atoms with Crippen LogP contribution in [0.1, 0.15) is 24.9 Å². The van der Waals surface area contributed by atoms with Gasteiger partial charge in [0.05, 0.1) is 14.2 Å². The molecule has 1 amide bonds. The quantitative estimate of drug-likeness (QED) is 0.765. The number of rotatable bonds is 7. The highest BCUT2D eigenvalue weighted by Gasteiger charge is 2.12. The van der Waals surface area contributed by atoms with E-state index in [1.807, 2.05) is 25.1 Å². The predicted molar refractivity (Wildman–Crippen MR) is 69.8 cm³/mol. The summed E-state index contributed by atoms with van der Waals surface area (Å²) in [6.07, 6.45) is 0.316. The minimum absolute atomic E-state index is 0.0504. The maximum atomic E-state index is 10.7. The molecule has 0 aliphatic carbocycles. The molecule has 5 heteroatoms. The second-order valence-electron chi connectivity index (χ2n) is 4.00. The first-order valence-electron chi connectivity index (χ1n) is 5.82. The molecule has 1 aromatic carbocycles. The number of hydrogen-bond acceptors (Lipinski definition) is 4. The van der Waals surface area contributed by atoms with E-state index in [-0.39, 0.29) is 11.9 Å². The van der Waals surface area contributed by atoms with E-state index >= 15 is 0 Å². The summed E-state index contributed by atoms with van der Waals surface area (Å²) in [5.41, 5.74) is 6.08. The third kappa shape index (κ3) is 3.92. The first-order valence-corrected chi connectivity index (χ1v) is 5.82. The van der Waals surface area contributed by atoms with Gasteiger partial charge in [-0.1, -0.05) is 0 Å². The number of nitrogens with two attached hydrogens (primary N) is 1. The van der Waals surface area contributed by atoms with Gasteiger partial charge in [-0.05, 0) is 25.1 Å². The van der Waals surface area contributed by atoms with Crippen LogP contribution >= 0.6 is 0 Å². The van der Waals surface area contributed by atoms with E-state index in [2.05, 4.69) is 5.32 Å². The Balaban J connectivity index is 2.75. The molecule has 0 heterocycles. The third-order valence-electron chi connectivity index (χ3n) is 2.73. The number of nitrogens with one attached hydrogen (secondary N) is 1. The highest BCUT2D eigenvalue weighted by atomic mass is 16.5. The van der Waals surface area contributed by atoms with Crippen molar-refractivity contribution in [3.05, 3.63) is 23.8 Å². The molecule has 0 aliphatic rings. The van der Waals surface area contributed by atoms with Gasteiger partial charge in [-0.3, -0.25) is 4.79 Å². The van der Waals surface area contributed by atoms with E-state index in [4.69, 9.17) is 15.2 Å². The van der Waals surface area contributed by atoms with E-state index in [0.717, 1.165) is 17.1 Å². The van der Waals surface area contributed by atoms with E-state index < -0.39 is 0 Å². The summed E-state index contributed by atoms with van der Waals surface area (Å²) >= 11 is 0. The summed E-state index contributed by atoms with van der Waals surface area (Å²) in [6.45, 7) is 2.54. The van der Waals surface area contributed by atoms with Gasteiger partial charge in [0.15, 0.2) is 0 Å². The number of carbonyl (C=O) groups is 1. The second kappa shape index (κ2) is 6.86. The molecule has 3 N–H and O–H groups in total. The van der Waals surface area contributed by atoms with E-state index in [1.54, 1.807) is 14.2 Å². The van der Waals surface area contributed by atoms with Crippen LogP contribution in [0.4, 0.5) is 0 Å². The predicted octanol–water partition coefficient (Wildman–Crippen LogP) is 1.23. The van der Waals surface area contributed by atoms with Gasteiger partial charge >= 0.3 is 0 Å². The molecule has 0 fully saturated rings. The zero-order chi connectivity index (χ0) is 13.5. The molecular weight excluding hydrogens is 232 g/mol. The molecule has 0 saturated carbocycles. The van der Waals surface area contributed by atoms with Crippen LogP contribution < -0.4 is 20.5 Å². The Hall–Kier alpha value is -1.75. The van der Waals surface area contributed by atoms with Crippen molar-refractivity contribution in [2.24, 2.45) is 5.73 Å².